The molecule has 2 heterocycles. The summed E-state index contributed by atoms with van der Waals surface area (Å²) in [5, 5.41) is 13.6. The number of halogens is 2. The van der Waals surface area contributed by atoms with Crippen LogP contribution in [0.3, 0.4) is 0 Å². The number of pyridine rings is 1. The summed E-state index contributed by atoms with van der Waals surface area (Å²) < 4.78 is 32.0. The number of rotatable bonds is 6. The van der Waals surface area contributed by atoms with Crippen molar-refractivity contribution < 1.29 is 28.0 Å². The Bertz CT molecular complexity index is 1220. The first-order chi connectivity index (χ1) is 15.8. The van der Waals surface area contributed by atoms with Crippen LogP contribution in [0.15, 0.2) is 60.8 Å². The SMILES string of the molecule is O=C(Nc1ccc(Oc2ccc(F)cc2)nc1)C1CC(=O)N(c2ccc(F)c([N+](=O)[O-])c2)C1. The van der Waals surface area contributed by atoms with Gasteiger partial charge in [0.15, 0.2) is 0 Å². The van der Waals surface area contributed by atoms with Crippen LogP contribution < -0.4 is 15.0 Å². The van der Waals surface area contributed by atoms with Gasteiger partial charge < -0.3 is 15.0 Å². The van der Waals surface area contributed by atoms with E-state index < -0.39 is 40.0 Å². The maximum Gasteiger partial charge on any atom is 0.306 e. The van der Waals surface area contributed by atoms with E-state index in [-0.39, 0.29) is 24.5 Å². The van der Waals surface area contributed by atoms with Gasteiger partial charge in [0.1, 0.15) is 11.6 Å². The van der Waals surface area contributed by atoms with Crippen molar-refractivity contribution in [1.82, 2.24) is 4.98 Å². The Morgan fingerprint density at radius 2 is 1.91 bits per heavy atom. The zero-order valence-corrected chi connectivity index (χ0v) is 16.9. The minimum absolute atomic E-state index is 0.00730. The number of amides is 2. The molecule has 1 atom stereocenters. The Hall–Kier alpha value is -4.41. The first-order valence-electron chi connectivity index (χ1n) is 9.75. The molecule has 9 nitrogen and oxygen atoms in total. The van der Waals surface area contributed by atoms with Crippen LogP contribution in [-0.4, -0.2) is 28.3 Å². The van der Waals surface area contributed by atoms with Crippen LogP contribution in [0.1, 0.15) is 6.42 Å². The van der Waals surface area contributed by atoms with Gasteiger partial charge in [0.25, 0.3) is 0 Å². The average molecular weight is 454 g/mol. The van der Waals surface area contributed by atoms with E-state index in [0.29, 0.717) is 11.4 Å². The van der Waals surface area contributed by atoms with Crippen LogP contribution in [0.5, 0.6) is 11.6 Å². The summed E-state index contributed by atoms with van der Waals surface area (Å²) in [6.07, 6.45) is 1.27. The van der Waals surface area contributed by atoms with E-state index in [1.165, 1.54) is 47.5 Å². The fourth-order valence-corrected chi connectivity index (χ4v) is 3.32. The molecule has 1 aromatic heterocycles. The van der Waals surface area contributed by atoms with E-state index in [1.807, 2.05) is 0 Å². The summed E-state index contributed by atoms with van der Waals surface area (Å²) in [6.45, 7) is -0.00730. The third kappa shape index (κ3) is 4.92. The summed E-state index contributed by atoms with van der Waals surface area (Å²) in [5.41, 5.74) is -0.232. The molecule has 1 aliphatic rings. The Morgan fingerprint density at radius 1 is 1.15 bits per heavy atom. The smallest absolute Gasteiger partial charge is 0.306 e. The molecular formula is C22H16F2N4O5. The molecule has 1 saturated heterocycles. The number of carbonyl (C=O) groups is 2. The second-order valence-corrected chi connectivity index (χ2v) is 7.23. The van der Waals surface area contributed by atoms with Gasteiger partial charge in [0.05, 0.1) is 28.4 Å². The quantitative estimate of drug-likeness (QED) is 0.444. The minimum atomic E-state index is -1.01. The minimum Gasteiger partial charge on any atom is -0.439 e. The van der Waals surface area contributed by atoms with E-state index in [9.17, 15) is 28.5 Å². The van der Waals surface area contributed by atoms with Crippen molar-refractivity contribution in [3.63, 3.8) is 0 Å². The number of carbonyl (C=O) groups excluding carboxylic acids is 2. The van der Waals surface area contributed by atoms with Gasteiger partial charge in [0.2, 0.25) is 23.5 Å². The van der Waals surface area contributed by atoms with Crippen LogP contribution >= 0.6 is 0 Å². The Kier molecular flexibility index (Phi) is 5.94. The summed E-state index contributed by atoms with van der Waals surface area (Å²) >= 11 is 0. The number of benzene rings is 2. The molecule has 1 N–H and O–H groups in total. The fourth-order valence-electron chi connectivity index (χ4n) is 3.32. The molecule has 3 aromatic rings. The third-order valence-corrected chi connectivity index (χ3v) is 4.97. The molecule has 33 heavy (non-hydrogen) atoms. The van der Waals surface area contributed by atoms with E-state index in [1.54, 1.807) is 6.07 Å². The van der Waals surface area contributed by atoms with Gasteiger partial charge in [-0.05, 0) is 42.5 Å². The average Bonchev–Trinajstić information content (AvgIpc) is 3.18. The molecular weight excluding hydrogens is 438 g/mol. The molecule has 0 aliphatic carbocycles. The van der Waals surface area contributed by atoms with Crippen LogP contribution in [0, 0.1) is 27.7 Å². The van der Waals surface area contributed by atoms with Gasteiger partial charge in [-0.2, -0.15) is 4.39 Å². The number of ether oxygens (including phenoxy) is 1. The Labute approximate surface area is 185 Å². The third-order valence-electron chi connectivity index (χ3n) is 4.97. The van der Waals surface area contributed by atoms with Crippen molar-refractivity contribution >= 4 is 28.9 Å². The highest BCUT2D eigenvalue weighted by Crippen LogP contribution is 2.30. The summed E-state index contributed by atoms with van der Waals surface area (Å²) in [5.74, 6) is -2.32. The summed E-state index contributed by atoms with van der Waals surface area (Å²) in [4.78, 5) is 40.4. The van der Waals surface area contributed by atoms with Gasteiger partial charge in [0, 0.05) is 25.1 Å². The van der Waals surface area contributed by atoms with Crippen molar-refractivity contribution in [3.8, 4) is 11.6 Å². The second kappa shape index (κ2) is 8.99. The lowest BCUT2D eigenvalue weighted by molar-refractivity contribution is -0.387. The molecule has 0 bridgehead atoms. The van der Waals surface area contributed by atoms with Crippen molar-refractivity contribution in [2.75, 3.05) is 16.8 Å². The summed E-state index contributed by atoms with van der Waals surface area (Å²) in [7, 11) is 0. The van der Waals surface area contributed by atoms with Gasteiger partial charge in [-0.25, -0.2) is 9.37 Å². The molecule has 2 amide bonds. The van der Waals surface area contributed by atoms with Crippen molar-refractivity contribution in [2.24, 2.45) is 5.92 Å². The highest BCUT2D eigenvalue weighted by Gasteiger charge is 2.36. The lowest BCUT2D eigenvalue weighted by Gasteiger charge is -2.16. The van der Waals surface area contributed by atoms with Gasteiger partial charge >= 0.3 is 5.69 Å². The number of anilines is 2. The molecule has 4 rings (SSSR count). The first-order valence-corrected chi connectivity index (χ1v) is 9.75. The molecule has 1 unspecified atom stereocenters. The summed E-state index contributed by atoms with van der Waals surface area (Å²) in [6, 6.07) is 11.6. The molecule has 1 fully saturated rings. The number of hydrogen-bond acceptors (Lipinski definition) is 6. The molecule has 168 valence electrons. The molecule has 0 spiro atoms. The molecule has 11 heteroatoms. The number of nitrogens with one attached hydrogen (secondary N) is 1. The standard InChI is InChI=1S/C22H16F2N4O5/c23-14-1-5-17(6-2-14)33-20-8-3-15(11-25-20)26-22(30)13-9-21(29)27(12-13)16-4-7-18(24)19(10-16)28(31)32/h1-8,10-11,13H,9,12H2,(H,26,30). The zero-order valence-electron chi connectivity index (χ0n) is 16.9. The van der Waals surface area contributed by atoms with Crippen LogP contribution in [0.4, 0.5) is 25.8 Å². The highest BCUT2D eigenvalue weighted by molar-refractivity contribution is 6.03. The normalized spacial score (nSPS) is 15.4. The lowest BCUT2D eigenvalue weighted by Crippen LogP contribution is -2.28. The van der Waals surface area contributed by atoms with Crippen LogP contribution in [0.25, 0.3) is 0 Å². The van der Waals surface area contributed by atoms with E-state index >= 15 is 0 Å². The molecule has 0 saturated carbocycles. The number of aromatic nitrogens is 1. The zero-order chi connectivity index (χ0) is 23.5. The first kappa shape index (κ1) is 21.8. The van der Waals surface area contributed by atoms with Crippen LogP contribution in [0.2, 0.25) is 0 Å². The van der Waals surface area contributed by atoms with Gasteiger partial charge in [-0.3, -0.25) is 19.7 Å². The largest absolute Gasteiger partial charge is 0.439 e. The Balaban J connectivity index is 1.39. The molecule has 1 aliphatic heterocycles. The maximum absolute atomic E-state index is 13.6. The van der Waals surface area contributed by atoms with Crippen LogP contribution in [-0.2, 0) is 9.59 Å². The molecule has 2 aromatic carbocycles. The van der Waals surface area contributed by atoms with Crippen molar-refractivity contribution in [1.29, 1.82) is 0 Å². The predicted octanol–water partition coefficient (Wildman–Crippen LogP) is 4.05. The van der Waals surface area contributed by atoms with E-state index in [2.05, 4.69) is 10.3 Å². The van der Waals surface area contributed by atoms with Gasteiger partial charge in [-0.15, -0.1) is 0 Å². The topological polar surface area (TPSA) is 115 Å². The monoisotopic (exact) mass is 454 g/mol. The number of nitro groups is 1. The number of nitrogens with zero attached hydrogens (tertiary/aromatic N) is 3. The fraction of sp³-hybridized carbons (Fsp3) is 0.136. The maximum atomic E-state index is 13.6. The molecule has 0 radical (unpaired) electrons. The highest BCUT2D eigenvalue weighted by atomic mass is 19.1. The van der Waals surface area contributed by atoms with Crippen molar-refractivity contribution in [3.05, 3.63) is 82.5 Å². The lowest BCUT2D eigenvalue weighted by atomic mass is 10.1. The predicted molar refractivity (Wildman–Crippen MR) is 113 cm³/mol. The number of nitro benzene ring substituents is 1. The van der Waals surface area contributed by atoms with E-state index in [0.717, 1.165) is 12.1 Å². The second-order valence-electron chi connectivity index (χ2n) is 7.23. The Morgan fingerprint density at radius 3 is 2.58 bits per heavy atom. The van der Waals surface area contributed by atoms with Crippen molar-refractivity contribution in [2.45, 2.75) is 6.42 Å². The number of hydrogen-bond donors (Lipinski definition) is 1. The van der Waals surface area contributed by atoms with Gasteiger partial charge in [-0.1, -0.05) is 0 Å². The van der Waals surface area contributed by atoms with E-state index in [4.69, 9.17) is 4.74 Å².